The van der Waals surface area contributed by atoms with Gasteiger partial charge in [-0.25, -0.2) is 18.4 Å². The average molecular weight is 1030 g/mol. The smallest absolute Gasteiger partial charge is 0.414 e. The fraction of sp³-hybridized carbons (Fsp3) is 0.423. The van der Waals surface area contributed by atoms with E-state index in [1.54, 1.807) is 41.3 Å². The number of anilines is 5. The van der Waals surface area contributed by atoms with E-state index in [9.17, 15) is 38.9 Å². The number of carbonyl (C=O) groups excluding carboxylic acids is 6. The standard InChI is InChI=1S/C26H30FN5O6.C26H32FN5O4/c1-18(33)28-16-22-17-31(26(35)38-22)21-9-10-24(23(27)15-21)29-11-13-30(14-12-29)25(34)4-2-3-19-5-7-20(8-6-19)32(36)37;1-18(33)29-16-22-17-32(26(35)36-22)21-9-10-24(23(27)15-21)30-11-13-31(14-12-30)25(34)4-2-3-19-5-7-20(28)8-6-19/h5-10,15,22H,2-4,11-14,16-17H2,1H3,(H,28,33);5-10,15,22H,2-4,11-14,16-17,28H2,1H3,(H,29,33)/t2*22-/m00/s1. The number of amides is 6. The first-order valence-corrected chi connectivity index (χ1v) is 24.7. The lowest BCUT2D eigenvalue weighted by Gasteiger charge is -2.36. The molecule has 4 aromatic carbocycles. The van der Waals surface area contributed by atoms with Crippen LogP contribution < -0.4 is 36.0 Å². The maximum atomic E-state index is 15.0. The molecule has 0 aliphatic carbocycles. The van der Waals surface area contributed by atoms with Crippen LogP contribution in [-0.4, -0.2) is 141 Å². The third-order valence-electron chi connectivity index (χ3n) is 13.2. The highest BCUT2D eigenvalue weighted by molar-refractivity contribution is 5.91. The van der Waals surface area contributed by atoms with Crippen molar-refractivity contribution in [2.45, 2.75) is 64.6 Å². The van der Waals surface area contributed by atoms with Gasteiger partial charge in [0.1, 0.15) is 23.8 Å². The number of hydrogen-bond donors (Lipinski definition) is 3. The van der Waals surface area contributed by atoms with Gasteiger partial charge in [0.2, 0.25) is 23.6 Å². The summed E-state index contributed by atoms with van der Waals surface area (Å²) >= 11 is 0. The Morgan fingerprint density at radius 2 is 1.01 bits per heavy atom. The van der Waals surface area contributed by atoms with Crippen LogP contribution in [-0.2, 0) is 41.5 Å². The van der Waals surface area contributed by atoms with Crippen molar-refractivity contribution in [2.24, 2.45) is 0 Å². The van der Waals surface area contributed by atoms with E-state index in [2.05, 4.69) is 10.6 Å². The number of piperazine rings is 2. The van der Waals surface area contributed by atoms with Crippen molar-refractivity contribution in [1.82, 2.24) is 20.4 Å². The van der Waals surface area contributed by atoms with Gasteiger partial charge in [0.15, 0.2) is 0 Å². The van der Waals surface area contributed by atoms with Gasteiger partial charge in [-0.05, 0) is 85.3 Å². The first kappa shape index (κ1) is 53.8. The number of nitrogens with zero attached hydrogens (tertiary/aromatic N) is 7. The molecule has 4 heterocycles. The van der Waals surface area contributed by atoms with Gasteiger partial charge in [0.05, 0.1) is 53.9 Å². The average Bonchev–Trinajstić information content (AvgIpc) is 3.96. The van der Waals surface area contributed by atoms with Gasteiger partial charge in [-0.1, -0.05) is 24.3 Å². The van der Waals surface area contributed by atoms with Crippen molar-refractivity contribution in [1.29, 1.82) is 0 Å². The van der Waals surface area contributed by atoms with E-state index in [1.165, 1.54) is 47.9 Å². The normalized spacial score (nSPS) is 17.6. The number of carbonyl (C=O) groups is 6. The molecule has 0 unspecified atom stereocenters. The number of benzene rings is 4. The van der Waals surface area contributed by atoms with Gasteiger partial charge in [-0.3, -0.25) is 39.1 Å². The Kier molecular flexibility index (Phi) is 18.2. The van der Waals surface area contributed by atoms with Crippen LogP contribution in [0.5, 0.6) is 0 Å². The molecule has 0 bridgehead atoms. The van der Waals surface area contributed by atoms with Gasteiger partial charge < -0.3 is 45.4 Å². The fourth-order valence-electron chi connectivity index (χ4n) is 9.10. The molecule has 394 valence electrons. The minimum atomic E-state index is -0.590. The predicted octanol–water partition coefficient (Wildman–Crippen LogP) is 5.41. The van der Waals surface area contributed by atoms with Gasteiger partial charge in [-0.15, -0.1) is 0 Å². The molecule has 0 spiro atoms. The third kappa shape index (κ3) is 14.6. The molecule has 6 amide bonds. The van der Waals surface area contributed by atoms with Crippen LogP contribution in [0.25, 0.3) is 0 Å². The quantitative estimate of drug-likeness (QED) is 0.0683. The molecule has 2 atom stereocenters. The van der Waals surface area contributed by atoms with Crippen LogP contribution >= 0.6 is 0 Å². The lowest BCUT2D eigenvalue weighted by molar-refractivity contribution is -0.384. The molecule has 4 fully saturated rings. The molecule has 8 rings (SSSR count). The highest BCUT2D eigenvalue weighted by atomic mass is 19.1. The molecule has 0 saturated carbocycles. The van der Waals surface area contributed by atoms with Crippen molar-refractivity contribution in [3.05, 3.63) is 118 Å². The summed E-state index contributed by atoms with van der Waals surface area (Å²) in [6.07, 6.45) is 1.57. The maximum absolute atomic E-state index is 15.0. The number of rotatable bonds is 17. The largest absolute Gasteiger partial charge is 0.442 e. The van der Waals surface area contributed by atoms with E-state index in [0.29, 0.717) is 101 Å². The molecule has 4 aliphatic heterocycles. The van der Waals surface area contributed by atoms with Gasteiger partial charge in [-0.2, -0.15) is 0 Å². The maximum Gasteiger partial charge on any atom is 0.414 e. The van der Waals surface area contributed by atoms with Crippen LogP contribution in [0.15, 0.2) is 84.9 Å². The number of ether oxygens (including phenoxy) is 2. The number of hydrogen-bond acceptors (Lipinski definition) is 13. The number of halogens is 2. The molecule has 4 aromatic rings. The number of nitrogen functional groups attached to an aromatic ring is 1. The summed E-state index contributed by atoms with van der Waals surface area (Å²) in [6, 6.07) is 23.3. The first-order chi connectivity index (χ1) is 35.5. The fourth-order valence-corrected chi connectivity index (χ4v) is 9.10. The van der Waals surface area contributed by atoms with Crippen molar-refractivity contribution >= 4 is 69.9 Å². The van der Waals surface area contributed by atoms with Crippen molar-refractivity contribution in [3.63, 3.8) is 0 Å². The zero-order valence-corrected chi connectivity index (χ0v) is 41.5. The van der Waals surface area contributed by atoms with Gasteiger partial charge in [0.25, 0.3) is 5.69 Å². The van der Waals surface area contributed by atoms with Crippen LogP contribution in [0.3, 0.4) is 0 Å². The Morgan fingerprint density at radius 1 is 0.622 bits per heavy atom. The molecular formula is C52H62F2N10O10. The second kappa shape index (κ2) is 25.1. The van der Waals surface area contributed by atoms with E-state index < -0.39 is 41.0 Å². The minimum absolute atomic E-state index is 0.0312. The zero-order chi connectivity index (χ0) is 52.9. The second-order valence-corrected chi connectivity index (χ2v) is 18.5. The molecule has 0 aromatic heterocycles. The summed E-state index contributed by atoms with van der Waals surface area (Å²) in [6.45, 7) is 7.65. The summed E-state index contributed by atoms with van der Waals surface area (Å²) < 4.78 is 40.5. The number of nitro groups is 1. The Morgan fingerprint density at radius 3 is 1.38 bits per heavy atom. The molecule has 74 heavy (non-hydrogen) atoms. The second-order valence-electron chi connectivity index (χ2n) is 18.5. The van der Waals surface area contributed by atoms with Crippen molar-refractivity contribution in [2.75, 3.05) is 104 Å². The van der Waals surface area contributed by atoms with E-state index in [1.807, 2.05) is 39.0 Å². The lowest BCUT2D eigenvalue weighted by atomic mass is 10.1. The molecule has 4 saturated heterocycles. The predicted molar refractivity (Wildman–Crippen MR) is 273 cm³/mol. The highest BCUT2D eigenvalue weighted by Crippen LogP contribution is 2.31. The molecular weight excluding hydrogens is 963 g/mol. The monoisotopic (exact) mass is 1020 g/mol. The summed E-state index contributed by atoms with van der Waals surface area (Å²) in [5.41, 5.74) is 10.2. The van der Waals surface area contributed by atoms with Crippen molar-refractivity contribution < 1.29 is 51.9 Å². The van der Waals surface area contributed by atoms with E-state index in [0.717, 1.165) is 29.7 Å². The van der Waals surface area contributed by atoms with Gasteiger partial charge in [0, 0.05) is 96.9 Å². The first-order valence-electron chi connectivity index (χ1n) is 24.7. The Balaban J connectivity index is 0.000000217. The van der Waals surface area contributed by atoms with E-state index in [-0.39, 0.29) is 55.5 Å². The molecule has 4 N–H and O–H groups in total. The number of nitro benzene ring substituents is 1. The topological polar surface area (TPSA) is 234 Å². The summed E-state index contributed by atoms with van der Waals surface area (Å²) in [5.74, 6) is -1.19. The lowest BCUT2D eigenvalue weighted by Crippen LogP contribution is -2.49. The van der Waals surface area contributed by atoms with Crippen LogP contribution in [0.4, 0.5) is 52.5 Å². The van der Waals surface area contributed by atoms with Crippen LogP contribution in [0.1, 0.15) is 50.7 Å². The summed E-state index contributed by atoms with van der Waals surface area (Å²) in [7, 11) is 0. The number of cyclic esters (lactones) is 2. The number of aryl methyl sites for hydroxylation is 2. The molecule has 4 aliphatic rings. The summed E-state index contributed by atoms with van der Waals surface area (Å²) in [5, 5.41) is 16.0. The minimum Gasteiger partial charge on any atom is -0.442 e. The van der Waals surface area contributed by atoms with Crippen molar-refractivity contribution in [3.8, 4) is 0 Å². The van der Waals surface area contributed by atoms with Crippen LogP contribution in [0.2, 0.25) is 0 Å². The van der Waals surface area contributed by atoms with Crippen LogP contribution in [0, 0.1) is 21.7 Å². The zero-order valence-electron chi connectivity index (χ0n) is 41.5. The molecule has 20 nitrogen and oxygen atoms in total. The Labute approximate surface area is 427 Å². The number of non-ortho nitro benzene ring substituents is 1. The van der Waals surface area contributed by atoms with E-state index in [4.69, 9.17) is 15.2 Å². The molecule has 22 heteroatoms. The number of nitrogens with two attached hydrogens (primary N) is 1. The summed E-state index contributed by atoms with van der Waals surface area (Å²) in [4.78, 5) is 92.3. The number of nitrogens with one attached hydrogen (secondary N) is 2. The van der Waals surface area contributed by atoms with Gasteiger partial charge >= 0.3 is 12.2 Å². The third-order valence-corrected chi connectivity index (χ3v) is 13.2. The Bertz CT molecular complexity index is 2660. The SMILES string of the molecule is CC(=O)NC[C@H]1CN(c2ccc(N3CCN(C(=O)CCCc4ccc(N)cc4)CC3)c(F)c2)C(=O)O1.CC(=O)NC[C@H]1CN(c2ccc(N3CCN(C(=O)CCCc4ccc([N+](=O)[O-])cc4)CC3)c(F)c2)C(=O)O1. The molecule has 0 radical (unpaired) electrons. The van der Waals surface area contributed by atoms with E-state index >= 15 is 8.78 Å². The Hall–Kier alpha value is -8.04. The highest BCUT2D eigenvalue weighted by Gasteiger charge is 2.35.